The Morgan fingerprint density at radius 3 is 2.38 bits per heavy atom. The van der Waals surface area contributed by atoms with Gasteiger partial charge in [-0.25, -0.2) is 4.39 Å². The van der Waals surface area contributed by atoms with Crippen LogP contribution in [0.4, 0.5) is 10.1 Å². The number of nitriles is 1. The first-order valence-corrected chi connectivity index (χ1v) is 13.0. The lowest BCUT2D eigenvalue weighted by Crippen LogP contribution is -2.52. The predicted octanol–water partition coefficient (Wildman–Crippen LogP) is 5.12. The molecule has 8 heteroatoms. The molecule has 3 aromatic carbocycles. The average molecular weight is 529 g/mol. The van der Waals surface area contributed by atoms with Gasteiger partial charge in [-0.1, -0.05) is 44.2 Å². The fourth-order valence-electron chi connectivity index (χ4n) is 5.27. The summed E-state index contributed by atoms with van der Waals surface area (Å²) >= 11 is 0. The zero-order chi connectivity index (χ0) is 28.5. The maximum Gasteiger partial charge on any atom is 0.254 e. The summed E-state index contributed by atoms with van der Waals surface area (Å²) in [6.07, 6.45) is 0.505. The number of nitrogens with zero attached hydrogens (tertiary/aromatic N) is 3. The van der Waals surface area contributed by atoms with Crippen molar-refractivity contribution in [3.63, 3.8) is 0 Å². The van der Waals surface area contributed by atoms with E-state index >= 15 is 0 Å². The smallest absolute Gasteiger partial charge is 0.254 e. The van der Waals surface area contributed by atoms with Crippen LogP contribution in [0.3, 0.4) is 0 Å². The van der Waals surface area contributed by atoms with E-state index in [2.05, 4.69) is 11.4 Å². The number of hydrogen-bond donors (Lipinski definition) is 1. The summed E-state index contributed by atoms with van der Waals surface area (Å²) in [5, 5.41) is 14.3. The second-order valence-electron chi connectivity index (χ2n) is 10.9. The highest BCUT2D eigenvalue weighted by atomic mass is 19.1. The number of fused-ring (bicyclic) bond motifs is 2. The van der Waals surface area contributed by atoms with Gasteiger partial charge < -0.3 is 15.1 Å². The Bertz CT molecular complexity index is 1480. The number of likely N-dealkylation sites (N-methyl/N-ethyl adjacent to an activating group) is 2. The second-order valence-corrected chi connectivity index (χ2v) is 10.9. The van der Waals surface area contributed by atoms with E-state index in [1.807, 2.05) is 38.1 Å². The van der Waals surface area contributed by atoms with Crippen molar-refractivity contribution in [3.8, 4) is 6.07 Å². The zero-order valence-corrected chi connectivity index (χ0v) is 22.9. The van der Waals surface area contributed by atoms with Crippen molar-refractivity contribution in [1.82, 2.24) is 9.80 Å². The lowest BCUT2D eigenvalue weighted by atomic mass is 9.78. The van der Waals surface area contributed by atoms with Crippen LogP contribution in [0.25, 0.3) is 10.8 Å². The minimum absolute atomic E-state index is 0.0905. The lowest BCUT2D eigenvalue weighted by Gasteiger charge is -2.35. The van der Waals surface area contributed by atoms with E-state index in [4.69, 9.17) is 0 Å². The molecule has 1 heterocycles. The minimum Gasteiger partial charge on any atom is -0.330 e. The van der Waals surface area contributed by atoms with Gasteiger partial charge in [0.15, 0.2) is 0 Å². The van der Waals surface area contributed by atoms with Gasteiger partial charge in [-0.15, -0.1) is 0 Å². The number of amides is 3. The maximum absolute atomic E-state index is 13.9. The van der Waals surface area contributed by atoms with E-state index in [-0.39, 0.29) is 35.9 Å². The van der Waals surface area contributed by atoms with Crippen molar-refractivity contribution in [2.75, 3.05) is 19.4 Å². The number of hydrogen-bond acceptors (Lipinski definition) is 4. The van der Waals surface area contributed by atoms with Crippen molar-refractivity contribution < 1.29 is 18.8 Å². The quantitative estimate of drug-likeness (QED) is 0.439. The molecule has 0 radical (unpaired) electrons. The third kappa shape index (κ3) is 5.35. The van der Waals surface area contributed by atoms with Crippen molar-refractivity contribution >= 4 is 34.2 Å². The normalized spacial score (nSPS) is 17.7. The highest BCUT2D eigenvalue weighted by Crippen LogP contribution is 2.41. The molecule has 1 N–H and O–H groups in total. The number of carbonyl (C=O) groups excluding carboxylic acids is 3. The van der Waals surface area contributed by atoms with Gasteiger partial charge in [0.05, 0.1) is 11.5 Å². The molecule has 4 rings (SSSR count). The monoisotopic (exact) mass is 528 g/mol. The van der Waals surface area contributed by atoms with E-state index in [0.717, 1.165) is 5.56 Å². The SMILES string of the molecule is CC(C)C[C@@H](C(=O)N(C)[C@H](C#N)C[C@@]1(C)C(=O)Nc2ccccc21)N(C)C(=O)c1ccc2cc(F)ccc2c1. The van der Waals surface area contributed by atoms with Crippen LogP contribution in [0.15, 0.2) is 60.7 Å². The second kappa shape index (κ2) is 10.9. The molecule has 0 bridgehead atoms. The Kier molecular flexibility index (Phi) is 7.73. The summed E-state index contributed by atoms with van der Waals surface area (Å²) in [4.78, 5) is 43.1. The van der Waals surface area contributed by atoms with Crippen molar-refractivity contribution in [2.24, 2.45) is 5.92 Å². The van der Waals surface area contributed by atoms with Gasteiger partial charge in [-0.3, -0.25) is 14.4 Å². The standard InChI is InChI=1S/C31H33FN4O3/c1-19(2)14-27(36(5)28(37)22-11-10-21-16-23(32)13-12-20(21)15-22)29(38)35(4)24(18-33)17-31(3)25-8-6-7-9-26(25)34-30(31)39/h6-13,15-16,19,24,27H,14,17H2,1-5H3,(H,34,39)/t24-,27-,31+/m0/s1. The van der Waals surface area contributed by atoms with Crippen molar-refractivity contribution in [3.05, 3.63) is 77.6 Å². The number of para-hydroxylation sites is 1. The van der Waals surface area contributed by atoms with Crippen LogP contribution >= 0.6 is 0 Å². The van der Waals surface area contributed by atoms with E-state index in [0.29, 0.717) is 28.4 Å². The van der Waals surface area contributed by atoms with Gasteiger partial charge in [0.2, 0.25) is 11.8 Å². The molecule has 0 aromatic heterocycles. The molecule has 0 fully saturated rings. The Morgan fingerprint density at radius 2 is 1.69 bits per heavy atom. The molecule has 0 aliphatic carbocycles. The lowest BCUT2D eigenvalue weighted by molar-refractivity contribution is -0.137. The number of rotatable bonds is 8. The first-order chi connectivity index (χ1) is 18.5. The van der Waals surface area contributed by atoms with Gasteiger partial charge >= 0.3 is 0 Å². The molecule has 3 aromatic rings. The van der Waals surface area contributed by atoms with Crippen LogP contribution in [0.5, 0.6) is 0 Å². The first-order valence-electron chi connectivity index (χ1n) is 13.0. The topological polar surface area (TPSA) is 93.5 Å². The number of carbonyl (C=O) groups is 3. The van der Waals surface area contributed by atoms with Crippen molar-refractivity contribution in [1.29, 1.82) is 5.26 Å². The molecule has 1 aliphatic heterocycles. The van der Waals surface area contributed by atoms with Crippen LogP contribution in [0.2, 0.25) is 0 Å². The molecule has 3 amide bonds. The summed E-state index contributed by atoms with van der Waals surface area (Å²) in [6.45, 7) is 5.71. The summed E-state index contributed by atoms with van der Waals surface area (Å²) < 4.78 is 13.6. The highest BCUT2D eigenvalue weighted by Gasteiger charge is 2.45. The van der Waals surface area contributed by atoms with E-state index in [1.54, 1.807) is 45.3 Å². The van der Waals surface area contributed by atoms with Crippen LogP contribution in [-0.2, 0) is 15.0 Å². The summed E-state index contributed by atoms with van der Waals surface area (Å²) in [5.41, 5.74) is 0.894. The van der Waals surface area contributed by atoms with Gasteiger partial charge in [-0.2, -0.15) is 5.26 Å². The number of nitrogens with one attached hydrogen (secondary N) is 1. The average Bonchev–Trinajstić information content (AvgIpc) is 3.17. The fourth-order valence-corrected chi connectivity index (χ4v) is 5.27. The third-order valence-electron chi connectivity index (χ3n) is 7.65. The van der Waals surface area contributed by atoms with Crippen molar-refractivity contribution in [2.45, 2.75) is 51.1 Å². The fraction of sp³-hybridized carbons (Fsp3) is 0.355. The largest absolute Gasteiger partial charge is 0.330 e. The molecular formula is C31H33FN4O3. The molecule has 0 spiro atoms. The molecule has 0 saturated carbocycles. The maximum atomic E-state index is 13.9. The van der Waals surface area contributed by atoms with Gasteiger partial charge in [0.25, 0.3) is 5.91 Å². The molecule has 1 aliphatic rings. The zero-order valence-electron chi connectivity index (χ0n) is 22.9. The van der Waals surface area contributed by atoms with Crippen LogP contribution < -0.4 is 5.32 Å². The van der Waals surface area contributed by atoms with E-state index in [1.165, 1.54) is 21.9 Å². The molecule has 0 saturated heterocycles. The Hall–Kier alpha value is -4.25. The summed E-state index contributed by atoms with van der Waals surface area (Å²) in [6, 6.07) is 17.2. The molecule has 202 valence electrons. The molecule has 39 heavy (non-hydrogen) atoms. The Labute approximate surface area is 228 Å². The molecule has 0 unspecified atom stereocenters. The number of halogens is 1. The number of benzene rings is 3. The van der Waals surface area contributed by atoms with Gasteiger partial charge in [-0.05, 0) is 72.4 Å². The molecular weight excluding hydrogens is 495 g/mol. The van der Waals surface area contributed by atoms with Gasteiger partial charge in [0, 0.05) is 25.3 Å². The summed E-state index contributed by atoms with van der Waals surface area (Å²) in [5.74, 6) is -1.20. The third-order valence-corrected chi connectivity index (χ3v) is 7.65. The highest BCUT2D eigenvalue weighted by molar-refractivity contribution is 6.06. The summed E-state index contributed by atoms with van der Waals surface area (Å²) in [7, 11) is 3.13. The van der Waals surface area contributed by atoms with Crippen LogP contribution in [0, 0.1) is 23.1 Å². The van der Waals surface area contributed by atoms with Gasteiger partial charge in [0.1, 0.15) is 17.9 Å². The minimum atomic E-state index is -0.981. The van der Waals surface area contributed by atoms with Crippen LogP contribution in [-0.4, -0.2) is 53.7 Å². The first kappa shape index (κ1) is 27.8. The molecule has 7 nitrogen and oxygen atoms in total. The predicted molar refractivity (Wildman–Crippen MR) is 148 cm³/mol. The molecule has 3 atom stereocenters. The number of anilines is 1. The van der Waals surface area contributed by atoms with E-state index < -0.39 is 17.5 Å². The Morgan fingerprint density at radius 1 is 1.03 bits per heavy atom. The van der Waals surface area contributed by atoms with Crippen LogP contribution in [0.1, 0.15) is 49.5 Å². The Balaban J connectivity index is 1.58. The van der Waals surface area contributed by atoms with E-state index in [9.17, 15) is 24.0 Å².